The second-order valence-electron chi connectivity index (χ2n) is 6.32. The number of H-pyrrole nitrogens is 1. The first-order valence-electron chi connectivity index (χ1n) is 8.87. The summed E-state index contributed by atoms with van der Waals surface area (Å²) in [7, 11) is 0. The van der Waals surface area contributed by atoms with Crippen LogP contribution in [0.15, 0.2) is 41.9 Å². The van der Waals surface area contributed by atoms with E-state index in [2.05, 4.69) is 20.5 Å². The number of nitrogens with zero attached hydrogens (tertiary/aromatic N) is 3. The molecule has 4 aromatic rings. The van der Waals surface area contributed by atoms with Gasteiger partial charge in [0.05, 0.1) is 4.88 Å². The maximum Gasteiger partial charge on any atom is 0.227 e. The van der Waals surface area contributed by atoms with Crippen LogP contribution in [0.1, 0.15) is 16.9 Å². The summed E-state index contributed by atoms with van der Waals surface area (Å²) in [6.07, 6.45) is 2.62. The van der Waals surface area contributed by atoms with Gasteiger partial charge < -0.3 is 5.32 Å². The smallest absolute Gasteiger partial charge is 0.227 e. The summed E-state index contributed by atoms with van der Waals surface area (Å²) >= 11 is 20.5. The molecule has 0 bridgehead atoms. The molecule has 2 N–H and O–H groups in total. The molecule has 11 heteroatoms. The summed E-state index contributed by atoms with van der Waals surface area (Å²) in [6, 6.07) is 9.33. The molecule has 3 heterocycles. The van der Waals surface area contributed by atoms with Gasteiger partial charge in [-0.3, -0.25) is 14.5 Å². The second kappa shape index (κ2) is 9.40. The van der Waals surface area contributed by atoms with Crippen molar-refractivity contribution in [3.05, 3.63) is 67.2 Å². The van der Waals surface area contributed by atoms with Gasteiger partial charge in [0.15, 0.2) is 15.7 Å². The first-order valence-corrected chi connectivity index (χ1v) is 11.7. The molecule has 1 amide bonds. The Bertz CT molecular complexity index is 1230. The molecule has 0 aliphatic carbocycles. The number of carbonyl (C=O) groups excluding carboxylic acids is 1. The molecule has 30 heavy (non-hydrogen) atoms. The van der Waals surface area contributed by atoms with Crippen molar-refractivity contribution in [1.29, 1.82) is 0 Å². The third-order valence-electron chi connectivity index (χ3n) is 4.24. The van der Waals surface area contributed by atoms with Crippen molar-refractivity contribution in [2.45, 2.75) is 19.4 Å². The number of thiophene rings is 1. The first kappa shape index (κ1) is 21.2. The highest BCUT2D eigenvalue weighted by Crippen LogP contribution is 2.27. The molecule has 0 atom stereocenters. The van der Waals surface area contributed by atoms with Gasteiger partial charge in [0.2, 0.25) is 5.91 Å². The van der Waals surface area contributed by atoms with E-state index in [9.17, 15) is 4.79 Å². The summed E-state index contributed by atoms with van der Waals surface area (Å²) in [6.45, 7) is 0.424. The topological polar surface area (TPSA) is 75.6 Å². The minimum absolute atomic E-state index is 0.138. The molecule has 0 aliphatic rings. The van der Waals surface area contributed by atoms with Crippen molar-refractivity contribution in [3.8, 4) is 10.7 Å². The van der Waals surface area contributed by atoms with Crippen LogP contribution in [0.3, 0.4) is 0 Å². The molecule has 0 fully saturated rings. The van der Waals surface area contributed by atoms with Crippen LogP contribution in [0.2, 0.25) is 10.0 Å². The third-order valence-corrected chi connectivity index (χ3v) is 6.92. The number of aromatic nitrogens is 4. The Morgan fingerprint density at radius 3 is 2.93 bits per heavy atom. The van der Waals surface area contributed by atoms with Crippen molar-refractivity contribution >= 4 is 69.1 Å². The van der Waals surface area contributed by atoms with E-state index in [1.165, 1.54) is 11.3 Å². The number of carbonyl (C=O) groups is 1. The van der Waals surface area contributed by atoms with Gasteiger partial charge in [-0.15, -0.1) is 22.7 Å². The molecule has 0 unspecified atom stereocenters. The van der Waals surface area contributed by atoms with Crippen molar-refractivity contribution in [3.63, 3.8) is 0 Å². The zero-order valence-electron chi connectivity index (χ0n) is 15.4. The number of hydrogen-bond acceptors (Lipinski definition) is 6. The lowest BCUT2D eigenvalue weighted by Crippen LogP contribution is -2.14. The van der Waals surface area contributed by atoms with Crippen molar-refractivity contribution in [2.75, 3.05) is 5.32 Å². The molecule has 0 radical (unpaired) electrons. The van der Waals surface area contributed by atoms with E-state index >= 15 is 0 Å². The fourth-order valence-electron chi connectivity index (χ4n) is 2.81. The van der Waals surface area contributed by atoms with Crippen molar-refractivity contribution < 1.29 is 4.79 Å². The number of amides is 1. The van der Waals surface area contributed by atoms with Crippen molar-refractivity contribution in [1.82, 2.24) is 19.7 Å². The SMILES string of the molecule is O=C(CCn1c(-c2cccs2)n[nH]c1=S)Nc1ncc(Cc2ccc(Cl)cc2Cl)s1. The lowest BCUT2D eigenvalue weighted by atomic mass is 10.1. The minimum atomic E-state index is -0.138. The largest absolute Gasteiger partial charge is 0.302 e. The molecule has 0 saturated heterocycles. The zero-order chi connectivity index (χ0) is 21.1. The number of halogens is 2. The molecule has 0 saturated carbocycles. The standard InChI is InChI=1S/C19H15Cl2N5OS3/c20-12-4-3-11(14(21)9-12)8-13-10-22-18(30-13)23-16(27)5-6-26-17(24-25-19(26)28)15-2-1-7-29-15/h1-4,7,9-10H,5-6,8H2,(H,25,28)(H,22,23,27). The lowest BCUT2D eigenvalue weighted by molar-refractivity contribution is -0.116. The highest BCUT2D eigenvalue weighted by molar-refractivity contribution is 7.71. The number of benzene rings is 1. The number of aromatic amines is 1. The lowest BCUT2D eigenvalue weighted by Gasteiger charge is -2.05. The van der Waals surface area contributed by atoms with Crippen LogP contribution in [0, 0.1) is 4.77 Å². The Balaban J connectivity index is 1.37. The second-order valence-corrected chi connectivity index (χ2v) is 9.62. The van der Waals surface area contributed by atoms with Crippen LogP contribution in [0.25, 0.3) is 10.7 Å². The maximum absolute atomic E-state index is 12.4. The van der Waals surface area contributed by atoms with Crippen LogP contribution >= 0.6 is 58.1 Å². The van der Waals surface area contributed by atoms with Crippen LogP contribution < -0.4 is 5.32 Å². The normalized spacial score (nSPS) is 11.0. The zero-order valence-corrected chi connectivity index (χ0v) is 19.4. The molecule has 154 valence electrons. The van der Waals surface area contributed by atoms with E-state index in [1.54, 1.807) is 29.7 Å². The number of hydrogen-bond donors (Lipinski definition) is 2. The number of nitrogens with one attached hydrogen (secondary N) is 2. The van der Waals surface area contributed by atoms with Gasteiger partial charge in [-0.05, 0) is 41.4 Å². The molecule has 3 aromatic heterocycles. The molecule has 0 aliphatic heterocycles. The average molecular weight is 496 g/mol. The van der Waals surface area contributed by atoms with E-state index in [-0.39, 0.29) is 12.3 Å². The highest BCUT2D eigenvalue weighted by Gasteiger charge is 2.13. The summed E-state index contributed by atoms with van der Waals surface area (Å²) in [4.78, 5) is 18.7. The Kier molecular flexibility index (Phi) is 6.64. The fourth-order valence-corrected chi connectivity index (χ4v) is 5.09. The Hall–Kier alpha value is -2.04. The van der Waals surface area contributed by atoms with Crippen LogP contribution in [0.4, 0.5) is 5.13 Å². The number of thiazole rings is 1. The summed E-state index contributed by atoms with van der Waals surface area (Å²) in [5.41, 5.74) is 0.957. The van der Waals surface area contributed by atoms with Gasteiger partial charge in [0, 0.05) is 40.5 Å². The molecule has 6 nitrogen and oxygen atoms in total. The summed E-state index contributed by atoms with van der Waals surface area (Å²) in [5.74, 6) is 0.597. The van der Waals surface area contributed by atoms with E-state index in [0.29, 0.717) is 32.9 Å². The Labute approximate surface area is 195 Å². The Morgan fingerprint density at radius 2 is 2.17 bits per heavy atom. The first-order chi connectivity index (χ1) is 14.5. The van der Waals surface area contributed by atoms with E-state index < -0.39 is 0 Å². The number of rotatable bonds is 7. The van der Waals surface area contributed by atoms with Crippen LogP contribution in [-0.2, 0) is 17.8 Å². The van der Waals surface area contributed by atoms with Crippen LogP contribution in [-0.4, -0.2) is 25.7 Å². The molecular formula is C19H15Cl2N5OS3. The average Bonchev–Trinajstić information content (AvgIpc) is 3.44. The van der Waals surface area contributed by atoms with E-state index in [1.807, 2.05) is 28.1 Å². The highest BCUT2D eigenvalue weighted by atomic mass is 35.5. The van der Waals surface area contributed by atoms with Crippen LogP contribution in [0.5, 0.6) is 0 Å². The van der Waals surface area contributed by atoms with Gasteiger partial charge >= 0.3 is 0 Å². The fraction of sp³-hybridized carbons (Fsp3) is 0.158. The predicted molar refractivity (Wildman–Crippen MR) is 125 cm³/mol. The molecule has 4 rings (SSSR count). The number of anilines is 1. The molecular weight excluding hydrogens is 481 g/mol. The minimum Gasteiger partial charge on any atom is -0.302 e. The van der Waals surface area contributed by atoms with Gasteiger partial charge in [-0.1, -0.05) is 35.3 Å². The Morgan fingerprint density at radius 1 is 1.30 bits per heavy atom. The van der Waals surface area contributed by atoms with E-state index in [0.717, 1.165) is 21.1 Å². The van der Waals surface area contributed by atoms with E-state index in [4.69, 9.17) is 35.4 Å². The van der Waals surface area contributed by atoms with Gasteiger partial charge in [-0.25, -0.2) is 4.98 Å². The van der Waals surface area contributed by atoms with Gasteiger partial charge in [-0.2, -0.15) is 5.10 Å². The molecule has 1 aromatic carbocycles. The monoisotopic (exact) mass is 495 g/mol. The quantitative estimate of drug-likeness (QED) is 0.306. The predicted octanol–water partition coefficient (Wildman–Crippen LogP) is 6.05. The maximum atomic E-state index is 12.4. The summed E-state index contributed by atoms with van der Waals surface area (Å²) in [5, 5.41) is 13.6. The van der Waals surface area contributed by atoms with Gasteiger partial charge in [0.25, 0.3) is 0 Å². The summed E-state index contributed by atoms with van der Waals surface area (Å²) < 4.78 is 2.32. The van der Waals surface area contributed by atoms with Crippen molar-refractivity contribution in [2.24, 2.45) is 0 Å². The molecule has 0 spiro atoms. The van der Waals surface area contributed by atoms with Gasteiger partial charge in [0.1, 0.15) is 0 Å². The third kappa shape index (κ3) is 4.98.